The van der Waals surface area contributed by atoms with E-state index in [1.807, 2.05) is 12.1 Å². The Balaban J connectivity index is 3.01. The standard InChI is InChI=1S/C11H17NOS/c1-3-8-6-9(10(12)7-14)4-5-11(8)13-2/h4-6,10,14H,3,7,12H2,1-2H3. The second-order valence-corrected chi connectivity index (χ2v) is 3.58. The molecule has 3 heteroatoms. The molecule has 2 N–H and O–H groups in total. The maximum absolute atomic E-state index is 5.89. The molecule has 0 spiro atoms. The number of aryl methyl sites for hydroxylation is 1. The lowest BCUT2D eigenvalue weighted by atomic mass is 10.0. The molecule has 0 aromatic heterocycles. The van der Waals surface area contributed by atoms with Crippen molar-refractivity contribution in [2.75, 3.05) is 12.9 Å². The minimum atomic E-state index is 0.00883. The van der Waals surface area contributed by atoms with Crippen LogP contribution in [-0.2, 0) is 6.42 Å². The fourth-order valence-electron chi connectivity index (χ4n) is 1.41. The van der Waals surface area contributed by atoms with Gasteiger partial charge in [-0.05, 0) is 23.6 Å². The molecule has 0 aliphatic heterocycles. The first kappa shape index (κ1) is 11.4. The zero-order valence-corrected chi connectivity index (χ0v) is 9.55. The van der Waals surface area contributed by atoms with Gasteiger partial charge in [0.1, 0.15) is 5.75 Å². The molecular formula is C11H17NOS. The van der Waals surface area contributed by atoms with Crippen LogP contribution in [-0.4, -0.2) is 12.9 Å². The van der Waals surface area contributed by atoms with Gasteiger partial charge in [-0.1, -0.05) is 19.1 Å². The molecule has 0 aliphatic carbocycles. The molecule has 1 aromatic rings. The van der Waals surface area contributed by atoms with Crippen molar-refractivity contribution < 1.29 is 4.74 Å². The Labute approximate surface area is 90.9 Å². The fourth-order valence-corrected chi connectivity index (χ4v) is 1.62. The second-order valence-electron chi connectivity index (χ2n) is 3.21. The number of hydrogen-bond donors (Lipinski definition) is 2. The van der Waals surface area contributed by atoms with Gasteiger partial charge in [0.2, 0.25) is 0 Å². The first-order chi connectivity index (χ1) is 6.72. The minimum Gasteiger partial charge on any atom is -0.496 e. The molecule has 0 saturated carbocycles. The van der Waals surface area contributed by atoms with Crippen molar-refractivity contribution in [2.24, 2.45) is 5.73 Å². The molecule has 0 saturated heterocycles. The van der Waals surface area contributed by atoms with Crippen molar-refractivity contribution in [3.8, 4) is 5.75 Å². The smallest absolute Gasteiger partial charge is 0.122 e. The molecular weight excluding hydrogens is 194 g/mol. The third-order valence-corrected chi connectivity index (χ3v) is 2.70. The van der Waals surface area contributed by atoms with Gasteiger partial charge in [-0.3, -0.25) is 0 Å². The van der Waals surface area contributed by atoms with Gasteiger partial charge < -0.3 is 10.5 Å². The second kappa shape index (κ2) is 5.27. The summed E-state index contributed by atoms with van der Waals surface area (Å²) in [6, 6.07) is 6.07. The highest BCUT2D eigenvalue weighted by Gasteiger charge is 2.07. The predicted molar refractivity (Wildman–Crippen MR) is 63.2 cm³/mol. The molecule has 1 unspecified atom stereocenters. The van der Waals surface area contributed by atoms with Gasteiger partial charge >= 0.3 is 0 Å². The summed E-state index contributed by atoms with van der Waals surface area (Å²) in [5.74, 6) is 1.60. The molecule has 0 fully saturated rings. The summed E-state index contributed by atoms with van der Waals surface area (Å²) in [6.45, 7) is 2.11. The van der Waals surface area contributed by atoms with Gasteiger partial charge in [-0.25, -0.2) is 0 Å². The van der Waals surface area contributed by atoms with Crippen LogP contribution in [0.1, 0.15) is 24.1 Å². The number of rotatable bonds is 4. The Morgan fingerprint density at radius 3 is 2.71 bits per heavy atom. The molecule has 78 valence electrons. The van der Waals surface area contributed by atoms with Gasteiger partial charge in [0, 0.05) is 11.8 Å². The van der Waals surface area contributed by atoms with E-state index in [1.165, 1.54) is 5.56 Å². The van der Waals surface area contributed by atoms with Crippen LogP contribution >= 0.6 is 12.6 Å². The SMILES string of the molecule is CCc1cc(C(N)CS)ccc1OC. The first-order valence-corrected chi connectivity index (χ1v) is 5.39. The van der Waals surface area contributed by atoms with E-state index < -0.39 is 0 Å². The van der Waals surface area contributed by atoms with E-state index in [1.54, 1.807) is 7.11 Å². The minimum absolute atomic E-state index is 0.00883. The van der Waals surface area contributed by atoms with Gasteiger partial charge in [-0.15, -0.1) is 0 Å². The zero-order chi connectivity index (χ0) is 10.6. The third kappa shape index (κ3) is 2.42. The third-order valence-electron chi connectivity index (χ3n) is 2.31. The fraction of sp³-hybridized carbons (Fsp3) is 0.455. The van der Waals surface area contributed by atoms with Crippen LogP contribution in [0.3, 0.4) is 0 Å². The van der Waals surface area contributed by atoms with E-state index >= 15 is 0 Å². The van der Waals surface area contributed by atoms with Crippen LogP contribution in [0.4, 0.5) is 0 Å². The molecule has 2 nitrogen and oxygen atoms in total. The normalized spacial score (nSPS) is 12.6. The highest BCUT2D eigenvalue weighted by molar-refractivity contribution is 7.80. The van der Waals surface area contributed by atoms with Gasteiger partial charge in [-0.2, -0.15) is 12.6 Å². The Morgan fingerprint density at radius 2 is 2.21 bits per heavy atom. The Bertz CT molecular complexity index is 301. The van der Waals surface area contributed by atoms with Crippen LogP contribution in [0.5, 0.6) is 5.75 Å². The average molecular weight is 211 g/mol. The molecule has 0 amide bonds. The zero-order valence-electron chi connectivity index (χ0n) is 8.66. The number of ether oxygens (including phenoxy) is 1. The van der Waals surface area contributed by atoms with Crippen molar-refractivity contribution in [3.63, 3.8) is 0 Å². The lowest BCUT2D eigenvalue weighted by molar-refractivity contribution is 0.410. The maximum atomic E-state index is 5.89. The van der Waals surface area contributed by atoms with E-state index in [4.69, 9.17) is 10.5 Å². The van der Waals surface area contributed by atoms with Crippen LogP contribution in [0.15, 0.2) is 18.2 Å². The quantitative estimate of drug-likeness (QED) is 0.749. The van der Waals surface area contributed by atoms with Crippen molar-refractivity contribution in [1.29, 1.82) is 0 Å². The highest BCUT2D eigenvalue weighted by atomic mass is 32.1. The van der Waals surface area contributed by atoms with Crippen molar-refractivity contribution in [2.45, 2.75) is 19.4 Å². The maximum Gasteiger partial charge on any atom is 0.122 e. The topological polar surface area (TPSA) is 35.2 Å². The summed E-state index contributed by atoms with van der Waals surface area (Å²) in [7, 11) is 1.69. The van der Waals surface area contributed by atoms with Crippen molar-refractivity contribution in [3.05, 3.63) is 29.3 Å². The van der Waals surface area contributed by atoms with E-state index in [2.05, 4.69) is 25.6 Å². The number of hydrogen-bond acceptors (Lipinski definition) is 3. The van der Waals surface area contributed by atoms with Crippen LogP contribution in [0.25, 0.3) is 0 Å². The Kier molecular flexibility index (Phi) is 4.29. The Hall–Kier alpha value is -0.670. The summed E-state index contributed by atoms with van der Waals surface area (Å²) in [6.07, 6.45) is 0.955. The molecule has 0 bridgehead atoms. The molecule has 1 aromatic carbocycles. The molecule has 1 rings (SSSR count). The molecule has 0 radical (unpaired) electrons. The van der Waals surface area contributed by atoms with E-state index in [0.717, 1.165) is 17.7 Å². The molecule has 0 aliphatic rings. The van der Waals surface area contributed by atoms with E-state index in [0.29, 0.717) is 5.75 Å². The van der Waals surface area contributed by atoms with Crippen molar-refractivity contribution in [1.82, 2.24) is 0 Å². The number of benzene rings is 1. The predicted octanol–water partition coefficient (Wildman–Crippen LogP) is 2.19. The monoisotopic (exact) mass is 211 g/mol. The number of methoxy groups -OCH3 is 1. The highest BCUT2D eigenvalue weighted by Crippen LogP contribution is 2.23. The molecule has 1 atom stereocenters. The summed E-state index contributed by atoms with van der Waals surface area (Å²) in [5, 5.41) is 0. The van der Waals surface area contributed by atoms with E-state index in [-0.39, 0.29) is 6.04 Å². The summed E-state index contributed by atoms with van der Waals surface area (Å²) in [5.41, 5.74) is 8.21. The number of thiol groups is 1. The molecule has 0 heterocycles. The summed E-state index contributed by atoms with van der Waals surface area (Å²) < 4.78 is 5.24. The van der Waals surface area contributed by atoms with Crippen LogP contribution in [0.2, 0.25) is 0 Å². The van der Waals surface area contributed by atoms with E-state index in [9.17, 15) is 0 Å². The Morgan fingerprint density at radius 1 is 1.50 bits per heavy atom. The van der Waals surface area contributed by atoms with Gasteiger partial charge in [0.15, 0.2) is 0 Å². The van der Waals surface area contributed by atoms with Crippen LogP contribution < -0.4 is 10.5 Å². The van der Waals surface area contributed by atoms with Gasteiger partial charge in [0.25, 0.3) is 0 Å². The lowest BCUT2D eigenvalue weighted by Gasteiger charge is -2.12. The average Bonchev–Trinajstić information content (AvgIpc) is 2.26. The largest absolute Gasteiger partial charge is 0.496 e. The van der Waals surface area contributed by atoms with Crippen molar-refractivity contribution >= 4 is 12.6 Å². The summed E-state index contributed by atoms with van der Waals surface area (Å²) in [4.78, 5) is 0. The first-order valence-electron chi connectivity index (χ1n) is 4.76. The number of nitrogens with two attached hydrogens (primary N) is 1. The molecule has 14 heavy (non-hydrogen) atoms. The van der Waals surface area contributed by atoms with Crippen LogP contribution in [0, 0.1) is 0 Å². The lowest BCUT2D eigenvalue weighted by Crippen LogP contribution is -2.12. The summed E-state index contributed by atoms with van der Waals surface area (Å²) >= 11 is 4.18. The van der Waals surface area contributed by atoms with Gasteiger partial charge in [0.05, 0.1) is 7.11 Å².